The van der Waals surface area contributed by atoms with Crippen LogP contribution in [0.3, 0.4) is 0 Å². The summed E-state index contributed by atoms with van der Waals surface area (Å²) in [5, 5.41) is 10.9. The lowest BCUT2D eigenvalue weighted by Gasteiger charge is -2.23. The van der Waals surface area contributed by atoms with Crippen LogP contribution in [0.25, 0.3) is 10.8 Å². The fourth-order valence-corrected chi connectivity index (χ4v) is 2.41. The topological polar surface area (TPSA) is 44.1 Å². The van der Waals surface area contributed by atoms with E-state index in [2.05, 4.69) is 19.9 Å². The Morgan fingerprint density at radius 2 is 1.90 bits per heavy atom. The van der Waals surface area contributed by atoms with E-state index in [0.29, 0.717) is 31.0 Å². The van der Waals surface area contributed by atoms with Crippen LogP contribution in [0.5, 0.6) is 0 Å². The number of amides is 1. The van der Waals surface area contributed by atoms with Gasteiger partial charge in [0, 0.05) is 18.7 Å². The molecule has 0 heterocycles. The molecule has 108 valence electrons. The molecule has 3 heteroatoms. The quantitative estimate of drug-likeness (QED) is 0.835. The Morgan fingerprint density at radius 3 is 2.57 bits per heavy atom. The van der Waals surface area contributed by atoms with Gasteiger partial charge in [-0.3, -0.25) is 4.79 Å². The smallest absolute Gasteiger partial charge is 0.253 e. The molecule has 2 rings (SSSR count). The van der Waals surface area contributed by atoms with E-state index >= 15 is 0 Å². The summed E-state index contributed by atoms with van der Waals surface area (Å²) in [6.07, 6.45) is 0.367. The van der Waals surface area contributed by atoms with Gasteiger partial charge >= 0.3 is 0 Å². The maximum atomic E-state index is 12.6. The predicted octanol–water partition coefficient (Wildman–Crippen LogP) is 3.85. The standard InChI is InChI=1S/C18H20N2O/c1-14(2)13-20(11-5-10-19)18(21)17-9-8-15-6-3-4-7-16(15)12-17/h3-4,6-9,12,14H,5,11,13H2,1-2H3. The van der Waals surface area contributed by atoms with Crippen LogP contribution in [0.15, 0.2) is 42.5 Å². The first-order valence-electron chi connectivity index (χ1n) is 7.27. The number of nitriles is 1. The van der Waals surface area contributed by atoms with Gasteiger partial charge in [0.05, 0.1) is 12.5 Å². The lowest BCUT2D eigenvalue weighted by molar-refractivity contribution is 0.0740. The molecule has 1 amide bonds. The van der Waals surface area contributed by atoms with Crippen LogP contribution in [0.2, 0.25) is 0 Å². The van der Waals surface area contributed by atoms with Crippen molar-refractivity contribution in [3.05, 3.63) is 48.0 Å². The lowest BCUT2D eigenvalue weighted by Crippen LogP contribution is -2.35. The number of nitrogens with zero attached hydrogens (tertiary/aromatic N) is 2. The van der Waals surface area contributed by atoms with Gasteiger partial charge in [-0.1, -0.05) is 44.2 Å². The molecule has 0 N–H and O–H groups in total. The number of carbonyl (C=O) groups excluding carboxylic acids is 1. The summed E-state index contributed by atoms with van der Waals surface area (Å²) in [6.45, 7) is 5.31. The van der Waals surface area contributed by atoms with Crippen molar-refractivity contribution >= 4 is 16.7 Å². The summed E-state index contributed by atoms with van der Waals surface area (Å²) in [6, 6.07) is 15.9. The molecule has 0 bridgehead atoms. The molecule has 0 radical (unpaired) electrons. The largest absolute Gasteiger partial charge is 0.337 e. The third-order valence-electron chi connectivity index (χ3n) is 3.36. The molecule has 2 aromatic carbocycles. The summed E-state index contributed by atoms with van der Waals surface area (Å²) in [4.78, 5) is 14.4. The minimum atomic E-state index is 0.00435. The van der Waals surface area contributed by atoms with E-state index in [1.54, 1.807) is 4.90 Å². The van der Waals surface area contributed by atoms with E-state index in [-0.39, 0.29) is 5.91 Å². The van der Waals surface area contributed by atoms with Crippen LogP contribution in [-0.2, 0) is 0 Å². The molecule has 0 aliphatic rings. The number of benzene rings is 2. The van der Waals surface area contributed by atoms with Gasteiger partial charge in [0.2, 0.25) is 0 Å². The minimum absolute atomic E-state index is 0.00435. The average Bonchev–Trinajstić information content (AvgIpc) is 2.50. The number of carbonyl (C=O) groups is 1. The molecule has 0 atom stereocenters. The Bertz CT molecular complexity index is 670. The van der Waals surface area contributed by atoms with Crippen LogP contribution >= 0.6 is 0 Å². The zero-order valence-corrected chi connectivity index (χ0v) is 12.5. The second kappa shape index (κ2) is 6.90. The molecule has 0 aliphatic carbocycles. The fraction of sp³-hybridized carbons (Fsp3) is 0.333. The molecule has 0 fully saturated rings. The lowest BCUT2D eigenvalue weighted by atomic mass is 10.1. The highest BCUT2D eigenvalue weighted by Crippen LogP contribution is 2.17. The van der Waals surface area contributed by atoms with E-state index in [1.165, 1.54) is 0 Å². The van der Waals surface area contributed by atoms with Crippen LogP contribution < -0.4 is 0 Å². The fourth-order valence-electron chi connectivity index (χ4n) is 2.41. The molecule has 0 unspecified atom stereocenters. The maximum absolute atomic E-state index is 12.6. The van der Waals surface area contributed by atoms with Gasteiger partial charge in [-0.15, -0.1) is 0 Å². The van der Waals surface area contributed by atoms with Crippen molar-refractivity contribution in [1.29, 1.82) is 5.26 Å². The van der Waals surface area contributed by atoms with Crippen LogP contribution in [0.4, 0.5) is 0 Å². The maximum Gasteiger partial charge on any atom is 0.253 e. The Hall–Kier alpha value is -2.34. The van der Waals surface area contributed by atoms with Gasteiger partial charge < -0.3 is 4.90 Å². The second-order valence-corrected chi connectivity index (χ2v) is 5.62. The number of rotatable bonds is 5. The van der Waals surface area contributed by atoms with Crippen molar-refractivity contribution < 1.29 is 4.79 Å². The molecule has 21 heavy (non-hydrogen) atoms. The van der Waals surface area contributed by atoms with Crippen molar-refractivity contribution in [1.82, 2.24) is 4.90 Å². The summed E-state index contributed by atoms with van der Waals surface area (Å²) in [5.74, 6) is 0.387. The zero-order chi connectivity index (χ0) is 15.2. The van der Waals surface area contributed by atoms with Crippen LogP contribution in [0.1, 0.15) is 30.6 Å². The SMILES string of the molecule is CC(C)CN(CCC#N)C(=O)c1ccc2ccccc2c1. The Balaban J connectivity index is 2.26. The van der Waals surface area contributed by atoms with E-state index in [9.17, 15) is 4.79 Å². The predicted molar refractivity (Wildman–Crippen MR) is 84.9 cm³/mol. The zero-order valence-electron chi connectivity index (χ0n) is 12.5. The van der Waals surface area contributed by atoms with Gasteiger partial charge in [-0.25, -0.2) is 0 Å². The average molecular weight is 280 g/mol. The van der Waals surface area contributed by atoms with Crippen LogP contribution in [-0.4, -0.2) is 23.9 Å². The normalized spacial score (nSPS) is 10.6. The van der Waals surface area contributed by atoms with Crippen molar-refractivity contribution in [2.45, 2.75) is 20.3 Å². The first-order valence-corrected chi connectivity index (χ1v) is 7.27. The van der Waals surface area contributed by atoms with Crippen LogP contribution in [0, 0.1) is 17.2 Å². The molecule has 0 saturated heterocycles. The summed E-state index contributed by atoms with van der Waals surface area (Å²) in [5.41, 5.74) is 0.687. The minimum Gasteiger partial charge on any atom is -0.337 e. The van der Waals surface area contributed by atoms with E-state index < -0.39 is 0 Å². The molecule has 0 spiro atoms. The first kappa shape index (κ1) is 15.1. The Kier molecular flexibility index (Phi) is 4.94. The van der Waals surface area contributed by atoms with E-state index in [0.717, 1.165) is 10.8 Å². The molecule has 2 aromatic rings. The highest BCUT2D eigenvalue weighted by Gasteiger charge is 2.16. The van der Waals surface area contributed by atoms with Crippen molar-refractivity contribution in [2.75, 3.05) is 13.1 Å². The summed E-state index contributed by atoms with van der Waals surface area (Å²) in [7, 11) is 0. The Morgan fingerprint density at radius 1 is 1.19 bits per heavy atom. The Labute approximate surface area is 125 Å². The highest BCUT2D eigenvalue weighted by atomic mass is 16.2. The van der Waals surface area contributed by atoms with E-state index in [4.69, 9.17) is 5.26 Å². The molecule has 0 saturated carbocycles. The molecule has 3 nitrogen and oxygen atoms in total. The van der Waals surface area contributed by atoms with E-state index in [1.807, 2.05) is 42.5 Å². The molecular formula is C18H20N2O. The molecule has 0 aromatic heterocycles. The third kappa shape index (κ3) is 3.82. The molecular weight excluding hydrogens is 260 g/mol. The summed E-state index contributed by atoms with van der Waals surface area (Å²) >= 11 is 0. The number of hydrogen-bond donors (Lipinski definition) is 0. The van der Waals surface area contributed by atoms with Gasteiger partial charge in [0.15, 0.2) is 0 Å². The third-order valence-corrected chi connectivity index (χ3v) is 3.36. The summed E-state index contributed by atoms with van der Waals surface area (Å²) < 4.78 is 0. The number of fused-ring (bicyclic) bond motifs is 1. The van der Waals surface area contributed by atoms with Crippen molar-refractivity contribution in [3.8, 4) is 6.07 Å². The van der Waals surface area contributed by atoms with Crippen molar-refractivity contribution in [3.63, 3.8) is 0 Å². The monoisotopic (exact) mass is 280 g/mol. The molecule has 0 aliphatic heterocycles. The highest BCUT2D eigenvalue weighted by molar-refractivity contribution is 5.98. The van der Waals surface area contributed by atoms with Gasteiger partial charge in [-0.05, 0) is 28.8 Å². The second-order valence-electron chi connectivity index (χ2n) is 5.62. The van der Waals surface area contributed by atoms with Crippen molar-refractivity contribution in [2.24, 2.45) is 5.92 Å². The van der Waals surface area contributed by atoms with Gasteiger partial charge in [-0.2, -0.15) is 5.26 Å². The number of hydrogen-bond acceptors (Lipinski definition) is 2. The van der Waals surface area contributed by atoms with Gasteiger partial charge in [0.1, 0.15) is 0 Å². The van der Waals surface area contributed by atoms with Gasteiger partial charge in [0.25, 0.3) is 5.91 Å². The first-order chi connectivity index (χ1) is 10.1.